The van der Waals surface area contributed by atoms with Crippen molar-refractivity contribution in [2.75, 3.05) is 20.8 Å². The van der Waals surface area contributed by atoms with E-state index in [1.165, 1.54) is 13.2 Å². The Morgan fingerprint density at radius 2 is 2.05 bits per heavy atom. The maximum Gasteiger partial charge on any atom is 0.326 e. The van der Waals surface area contributed by atoms with Crippen molar-refractivity contribution in [3.8, 4) is 5.75 Å². The second-order valence-electron chi connectivity index (χ2n) is 4.34. The Morgan fingerprint density at radius 3 is 2.55 bits per heavy atom. The van der Waals surface area contributed by atoms with E-state index in [4.69, 9.17) is 4.74 Å². The summed E-state index contributed by atoms with van der Waals surface area (Å²) in [7, 11) is 2.89. The highest BCUT2D eigenvalue weighted by atomic mass is 16.6. The molecule has 20 heavy (non-hydrogen) atoms. The normalized spacial score (nSPS) is 11.8. The lowest BCUT2D eigenvalue weighted by atomic mass is 10.1. The van der Waals surface area contributed by atoms with Gasteiger partial charge in [-0.05, 0) is 32.5 Å². The molecule has 0 aliphatic carbocycles. The zero-order valence-corrected chi connectivity index (χ0v) is 11.9. The van der Waals surface area contributed by atoms with Crippen molar-refractivity contribution in [3.63, 3.8) is 0 Å². The Morgan fingerprint density at radius 1 is 1.40 bits per heavy atom. The second kappa shape index (κ2) is 6.85. The highest BCUT2D eigenvalue weighted by Crippen LogP contribution is 2.28. The second-order valence-corrected chi connectivity index (χ2v) is 4.34. The number of nitro groups is 1. The molecule has 1 rings (SSSR count). The summed E-state index contributed by atoms with van der Waals surface area (Å²) < 4.78 is 10.1. The number of aryl methyl sites for hydroxylation is 2. The number of methoxy groups -OCH3 is 1. The van der Waals surface area contributed by atoms with Crippen LogP contribution in [0.5, 0.6) is 5.75 Å². The number of hydrogen-bond acceptors (Lipinski definition) is 6. The van der Waals surface area contributed by atoms with Gasteiger partial charge in [0.1, 0.15) is 18.4 Å². The summed E-state index contributed by atoms with van der Waals surface area (Å²) in [6.45, 7) is 3.49. The molecule has 0 aliphatic heterocycles. The van der Waals surface area contributed by atoms with Crippen molar-refractivity contribution in [2.24, 2.45) is 0 Å². The van der Waals surface area contributed by atoms with Crippen molar-refractivity contribution in [1.82, 2.24) is 5.32 Å². The Hall–Kier alpha value is -2.15. The van der Waals surface area contributed by atoms with Crippen LogP contribution in [0.2, 0.25) is 0 Å². The smallest absolute Gasteiger partial charge is 0.326 e. The lowest BCUT2D eigenvalue weighted by molar-refractivity contribution is -0.385. The van der Waals surface area contributed by atoms with Gasteiger partial charge in [0.15, 0.2) is 0 Å². The van der Waals surface area contributed by atoms with E-state index in [1.807, 2.05) is 0 Å². The van der Waals surface area contributed by atoms with Gasteiger partial charge in [-0.2, -0.15) is 0 Å². The number of esters is 1. The quantitative estimate of drug-likeness (QED) is 0.481. The monoisotopic (exact) mass is 282 g/mol. The molecule has 0 aliphatic rings. The zero-order chi connectivity index (χ0) is 15.3. The standard InChI is InChI=1S/C13H18N2O5/c1-8-5-9(2)12(6-11(8)15(17)18)20-7-10(14-3)13(16)19-4/h5-6,10,14H,7H2,1-4H3. The molecule has 0 saturated heterocycles. The summed E-state index contributed by atoms with van der Waals surface area (Å²) in [5.41, 5.74) is 1.33. The maximum atomic E-state index is 11.4. The van der Waals surface area contributed by atoms with Crippen molar-refractivity contribution in [1.29, 1.82) is 0 Å². The summed E-state index contributed by atoms with van der Waals surface area (Å²) in [5, 5.41) is 13.7. The van der Waals surface area contributed by atoms with Gasteiger partial charge in [0.25, 0.3) is 5.69 Å². The van der Waals surface area contributed by atoms with Gasteiger partial charge in [0.2, 0.25) is 0 Å². The molecule has 110 valence electrons. The molecular formula is C13H18N2O5. The van der Waals surface area contributed by atoms with E-state index in [0.717, 1.165) is 5.56 Å². The topological polar surface area (TPSA) is 90.7 Å². The first kappa shape index (κ1) is 15.9. The molecule has 0 fully saturated rings. The van der Waals surface area contributed by atoms with Crippen LogP contribution in [0.25, 0.3) is 0 Å². The number of nitrogens with one attached hydrogen (secondary N) is 1. The first-order chi connectivity index (χ1) is 9.40. The number of rotatable bonds is 6. The molecule has 0 spiro atoms. The van der Waals surface area contributed by atoms with Crippen LogP contribution in [-0.2, 0) is 9.53 Å². The highest BCUT2D eigenvalue weighted by molar-refractivity contribution is 5.75. The van der Waals surface area contributed by atoms with Gasteiger partial charge in [-0.1, -0.05) is 0 Å². The number of carbonyl (C=O) groups excluding carboxylic acids is 1. The summed E-state index contributed by atoms with van der Waals surface area (Å²) in [5.74, 6) is -0.0711. The van der Waals surface area contributed by atoms with Crippen LogP contribution in [-0.4, -0.2) is 37.7 Å². The van der Waals surface area contributed by atoms with Gasteiger partial charge in [-0.3, -0.25) is 14.9 Å². The summed E-state index contributed by atoms with van der Waals surface area (Å²) >= 11 is 0. The lowest BCUT2D eigenvalue weighted by Crippen LogP contribution is -2.40. The summed E-state index contributed by atoms with van der Waals surface area (Å²) in [6.07, 6.45) is 0. The van der Waals surface area contributed by atoms with Gasteiger partial charge in [0, 0.05) is 5.56 Å². The Kier molecular flexibility index (Phi) is 5.45. The fraction of sp³-hybridized carbons (Fsp3) is 0.462. The van der Waals surface area contributed by atoms with E-state index in [2.05, 4.69) is 10.1 Å². The van der Waals surface area contributed by atoms with Gasteiger partial charge in [-0.25, -0.2) is 0 Å². The Bertz CT molecular complexity index is 516. The van der Waals surface area contributed by atoms with Gasteiger partial charge >= 0.3 is 5.97 Å². The highest BCUT2D eigenvalue weighted by Gasteiger charge is 2.19. The number of nitro benzene ring substituents is 1. The predicted octanol–water partition coefficient (Wildman–Crippen LogP) is 1.35. The van der Waals surface area contributed by atoms with Crippen LogP contribution in [0, 0.1) is 24.0 Å². The molecule has 1 aromatic rings. The average molecular weight is 282 g/mol. The van der Waals surface area contributed by atoms with E-state index in [9.17, 15) is 14.9 Å². The first-order valence-corrected chi connectivity index (χ1v) is 6.04. The van der Waals surface area contributed by atoms with Gasteiger partial charge < -0.3 is 14.8 Å². The largest absolute Gasteiger partial charge is 0.491 e. The number of nitrogens with zero attached hydrogens (tertiary/aromatic N) is 1. The first-order valence-electron chi connectivity index (χ1n) is 6.04. The zero-order valence-electron chi connectivity index (χ0n) is 11.9. The molecule has 1 aromatic carbocycles. The van der Waals surface area contributed by atoms with E-state index in [0.29, 0.717) is 11.3 Å². The SMILES string of the molecule is CNC(COc1cc([N+](=O)[O-])c(C)cc1C)C(=O)OC. The van der Waals surface area contributed by atoms with Gasteiger partial charge in [-0.15, -0.1) is 0 Å². The number of hydrogen-bond donors (Lipinski definition) is 1. The van der Waals surface area contributed by atoms with Crippen molar-refractivity contribution in [2.45, 2.75) is 19.9 Å². The third kappa shape index (κ3) is 3.67. The van der Waals surface area contributed by atoms with E-state index < -0.39 is 16.9 Å². The molecular weight excluding hydrogens is 264 g/mol. The molecule has 0 amide bonds. The van der Waals surface area contributed by atoms with Crippen molar-refractivity contribution in [3.05, 3.63) is 33.4 Å². The van der Waals surface area contributed by atoms with Crippen LogP contribution in [0.3, 0.4) is 0 Å². The number of likely N-dealkylation sites (N-methyl/N-ethyl adjacent to an activating group) is 1. The summed E-state index contributed by atoms with van der Waals surface area (Å²) in [6, 6.07) is 2.43. The fourth-order valence-electron chi connectivity index (χ4n) is 1.76. The van der Waals surface area contributed by atoms with Crippen LogP contribution in [0.4, 0.5) is 5.69 Å². The molecule has 1 atom stereocenters. The van der Waals surface area contributed by atoms with E-state index in [-0.39, 0.29) is 12.3 Å². The van der Waals surface area contributed by atoms with Crippen LogP contribution in [0.15, 0.2) is 12.1 Å². The van der Waals surface area contributed by atoms with Crippen molar-refractivity contribution >= 4 is 11.7 Å². The minimum Gasteiger partial charge on any atom is -0.491 e. The molecule has 0 heterocycles. The molecule has 7 nitrogen and oxygen atoms in total. The minimum atomic E-state index is -0.625. The van der Waals surface area contributed by atoms with Crippen molar-refractivity contribution < 1.29 is 19.2 Å². The third-order valence-electron chi connectivity index (χ3n) is 2.93. The molecule has 0 radical (unpaired) electrons. The van der Waals surface area contributed by atoms with Crippen LogP contribution >= 0.6 is 0 Å². The van der Waals surface area contributed by atoms with Crippen LogP contribution < -0.4 is 10.1 Å². The van der Waals surface area contributed by atoms with E-state index >= 15 is 0 Å². The number of carbonyl (C=O) groups is 1. The fourth-order valence-corrected chi connectivity index (χ4v) is 1.76. The van der Waals surface area contributed by atoms with Gasteiger partial charge in [0.05, 0.1) is 18.1 Å². The minimum absolute atomic E-state index is 0.00956. The lowest BCUT2D eigenvalue weighted by Gasteiger charge is -2.16. The van der Waals surface area contributed by atoms with E-state index in [1.54, 1.807) is 27.0 Å². The molecule has 1 unspecified atom stereocenters. The molecule has 0 aromatic heterocycles. The number of ether oxygens (including phenoxy) is 2. The third-order valence-corrected chi connectivity index (χ3v) is 2.93. The number of benzene rings is 1. The Labute approximate surface area is 117 Å². The molecule has 1 N–H and O–H groups in total. The molecule has 7 heteroatoms. The molecule has 0 saturated carbocycles. The maximum absolute atomic E-state index is 11.4. The Balaban J connectivity index is 2.89. The molecule has 0 bridgehead atoms. The average Bonchev–Trinajstić information content (AvgIpc) is 2.40. The van der Waals surface area contributed by atoms with Crippen LogP contribution in [0.1, 0.15) is 11.1 Å². The summed E-state index contributed by atoms with van der Waals surface area (Å²) in [4.78, 5) is 21.8. The predicted molar refractivity (Wildman–Crippen MR) is 72.9 cm³/mol.